The number of benzene rings is 2. The summed E-state index contributed by atoms with van der Waals surface area (Å²) in [7, 11) is 0. The summed E-state index contributed by atoms with van der Waals surface area (Å²) in [6.45, 7) is 2.01. The molecule has 0 radical (unpaired) electrons. The van der Waals surface area contributed by atoms with Crippen LogP contribution in [0.25, 0.3) is 5.69 Å². The van der Waals surface area contributed by atoms with E-state index < -0.39 is 0 Å². The van der Waals surface area contributed by atoms with Crippen molar-refractivity contribution in [3.63, 3.8) is 0 Å². The molecule has 0 spiro atoms. The lowest BCUT2D eigenvalue weighted by Crippen LogP contribution is -2.01. The van der Waals surface area contributed by atoms with E-state index in [1.807, 2.05) is 43.5 Å². The zero-order valence-electron chi connectivity index (χ0n) is 12.1. The Morgan fingerprint density at radius 1 is 1.00 bits per heavy atom. The fraction of sp³-hybridized carbons (Fsp3) is 0.118. The van der Waals surface area contributed by atoms with Gasteiger partial charge in [-0.3, -0.25) is 4.57 Å². The lowest BCUT2D eigenvalue weighted by atomic mass is 10.3. The molecule has 0 bridgehead atoms. The van der Waals surface area contributed by atoms with Gasteiger partial charge in [0.25, 0.3) is 0 Å². The van der Waals surface area contributed by atoms with E-state index in [9.17, 15) is 0 Å². The van der Waals surface area contributed by atoms with E-state index in [1.165, 1.54) is 4.90 Å². The lowest BCUT2D eigenvalue weighted by molar-refractivity contribution is 1.06. The van der Waals surface area contributed by atoms with E-state index in [2.05, 4.69) is 45.4 Å². The second-order valence-electron chi connectivity index (χ2n) is 4.74. The number of anilines is 2. The fourth-order valence-electron chi connectivity index (χ4n) is 2.24. The number of hydrogen-bond acceptors (Lipinski definition) is 3. The monoisotopic (exact) mass is 295 g/mol. The van der Waals surface area contributed by atoms with Gasteiger partial charge in [-0.05, 0) is 37.4 Å². The second kappa shape index (κ2) is 6.06. The van der Waals surface area contributed by atoms with Gasteiger partial charge in [-0.25, -0.2) is 4.98 Å². The van der Waals surface area contributed by atoms with Crippen LogP contribution in [-0.2, 0) is 0 Å². The molecule has 1 heterocycles. The van der Waals surface area contributed by atoms with Crippen molar-refractivity contribution in [2.24, 2.45) is 0 Å². The first-order valence-corrected chi connectivity index (χ1v) is 8.02. The predicted molar refractivity (Wildman–Crippen MR) is 89.8 cm³/mol. The first-order chi connectivity index (χ1) is 10.3. The molecule has 0 aliphatic rings. The highest BCUT2D eigenvalue weighted by molar-refractivity contribution is 7.98. The fourth-order valence-corrected chi connectivity index (χ4v) is 2.79. The van der Waals surface area contributed by atoms with Crippen LogP contribution in [0.15, 0.2) is 65.7 Å². The van der Waals surface area contributed by atoms with E-state index in [0.717, 1.165) is 23.0 Å². The molecule has 106 valence electrons. The van der Waals surface area contributed by atoms with Crippen molar-refractivity contribution in [2.45, 2.75) is 11.8 Å². The molecule has 0 amide bonds. The van der Waals surface area contributed by atoms with Crippen LogP contribution < -0.4 is 5.32 Å². The topological polar surface area (TPSA) is 29.9 Å². The first-order valence-electron chi connectivity index (χ1n) is 6.79. The molecule has 0 aliphatic heterocycles. The molecule has 1 aromatic heterocycles. The van der Waals surface area contributed by atoms with E-state index in [4.69, 9.17) is 0 Å². The molecule has 3 aromatic rings. The van der Waals surface area contributed by atoms with Gasteiger partial charge in [-0.1, -0.05) is 30.3 Å². The minimum atomic E-state index is 0.834. The number of imidazole rings is 1. The van der Waals surface area contributed by atoms with Crippen LogP contribution in [0.2, 0.25) is 0 Å². The Labute approximate surface area is 129 Å². The normalized spacial score (nSPS) is 10.6. The Bertz CT molecular complexity index is 735. The van der Waals surface area contributed by atoms with Gasteiger partial charge in [0, 0.05) is 16.8 Å². The highest BCUT2D eigenvalue weighted by Gasteiger charge is 2.09. The maximum Gasteiger partial charge on any atom is 0.212 e. The lowest BCUT2D eigenvalue weighted by Gasteiger charge is -2.12. The van der Waals surface area contributed by atoms with Crippen LogP contribution in [0.1, 0.15) is 5.69 Å². The van der Waals surface area contributed by atoms with Gasteiger partial charge in [0.05, 0.1) is 11.4 Å². The molecule has 1 N–H and O–H groups in total. The Morgan fingerprint density at radius 2 is 1.71 bits per heavy atom. The molecule has 0 atom stereocenters. The van der Waals surface area contributed by atoms with Gasteiger partial charge < -0.3 is 5.32 Å². The molecule has 0 fully saturated rings. The third-order valence-corrected chi connectivity index (χ3v) is 4.01. The maximum atomic E-state index is 4.60. The third kappa shape index (κ3) is 2.95. The van der Waals surface area contributed by atoms with Crippen molar-refractivity contribution in [1.82, 2.24) is 9.55 Å². The zero-order chi connectivity index (χ0) is 14.7. The smallest absolute Gasteiger partial charge is 0.212 e. The Hall–Kier alpha value is -2.20. The van der Waals surface area contributed by atoms with Gasteiger partial charge in [0.15, 0.2) is 0 Å². The SMILES string of the molecule is CSc1ccccc1Nc1nc(C)cn1-c1ccccc1. The number of rotatable bonds is 4. The summed E-state index contributed by atoms with van der Waals surface area (Å²) in [5, 5.41) is 3.44. The van der Waals surface area contributed by atoms with Gasteiger partial charge >= 0.3 is 0 Å². The second-order valence-corrected chi connectivity index (χ2v) is 5.58. The number of para-hydroxylation sites is 2. The van der Waals surface area contributed by atoms with Gasteiger partial charge in [-0.15, -0.1) is 11.8 Å². The molecule has 0 saturated carbocycles. The highest BCUT2D eigenvalue weighted by Crippen LogP contribution is 2.28. The average molecular weight is 295 g/mol. The molecule has 3 rings (SSSR count). The summed E-state index contributed by atoms with van der Waals surface area (Å²) in [5.41, 5.74) is 3.16. The van der Waals surface area contributed by atoms with Gasteiger partial charge in [0.1, 0.15) is 0 Å². The zero-order valence-corrected chi connectivity index (χ0v) is 12.9. The van der Waals surface area contributed by atoms with Crippen LogP contribution >= 0.6 is 11.8 Å². The van der Waals surface area contributed by atoms with Crippen molar-refractivity contribution in [3.8, 4) is 5.69 Å². The molecule has 0 saturated heterocycles. The van der Waals surface area contributed by atoms with Crippen LogP contribution in [0, 0.1) is 6.92 Å². The summed E-state index contributed by atoms with van der Waals surface area (Å²) < 4.78 is 2.08. The van der Waals surface area contributed by atoms with Gasteiger partial charge in [0.2, 0.25) is 5.95 Å². The Kier molecular flexibility index (Phi) is 3.97. The maximum absolute atomic E-state index is 4.60. The summed E-state index contributed by atoms with van der Waals surface area (Å²) in [6.07, 6.45) is 4.12. The molecule has 21 heavy (non-hydrogen) atoms. The van der Waals surface area contributed by atoms with Crippen molar-refractivity contribution in [2.75, 3.05) is 11.6 Å². The number of hydrogen-bond donors (Lipinski definition) is 1. The molecular weight excluding hydrogens is 278 g/mol. The summed E-state index contributed by atoms with van der Waals surface area (Å²) in [6, 6.07) is 18.5. The van der Waals surface area contributed by atoms with Crippen molar-refractivity contribution >= 4 is 23.4 Å². The van der Waals surface area contributed by atoms with Crippen LogP contribution in [0.4, 0.5) is 11.6 Å². The van der Waals surface area contributed by atoms with E-state index >= 15 is 0 Å². The minimum Gasteiger partial charge on any atom is -0.324 e. The van der Waals surface area contributed by atoms with E-state index in [1.54, 1.807) is 11.8 Å². The van der Waals surface area contributed by atoms with E-state index in [0.29, 0.717) is 0 Å². The van der Waals surface area contributed by atoms with Crippen molar-refractivity contribution in [3.05, 3.63) is 66.5 Å². The quantitative estimate of drug-likeness (QED) is 0.711. The van der Waals surface area contributed by atoms with Crippen LogP contribution in [0.5, 0.6) is 0 Å². The molecule has 0 unspecified atom stereocenters. The number of thioether (sulfide) groups is 1. The first kappa shape index (κ1) is 13.8. The summed E-state index contributed by atoms with van der Waals surface area (Å²) in [4.78, 5) is 5.81. The average Bonchev–Trinajstić information content (AvgIpc) is 2.89. The van der Waals surface area contributed by atoms with Crippen LogP contribution in [0.3, 0.4) is 0 Å². The third-order valence-electron chi connectivity index (χ3n) is 3.21. The van der Waals surface area contributed by atoms with Gasteiger partial charge in [-0.2, -0.15) is 0 Å². The number of aryl methyl sites for hydroxylation is 1. The molecule has 2 aromatic carbocycles. The van der Waals surface area contributed by atoms with Crippen LogP contribution in [-0.4, -0.2) is 15.8 Å². The molecule has 4 heteroatoms. The Morgan fingerprint density at radius 3 is 2.48 bits per heavy atom. The number of nitrogens with one attached hydrogen (secondary N) is 1. The molecule has 3 nitrogen and oxygen atoms in total. The molecule has 0 aliphatic carbocycles. The molecular formula is C17H17N3S. The van der Waals surface area contributed by atoms with Crippen molar-refractivity contribution in [1.29, 1.82) is 0 Å². The van der Waals surface area contributed by atoms with E-state index in [-0.39, 0.29) is 0 Å². The summed E-state index contributed by atoms with van der Waals surface area (Å²) >= 11 is 1.72. The summed E-state index contributed by atoms with van der Waals surface area (Å²) in [5.74, 6) is 0.834. The number of aromatic nitrogens is 2. The standard InChI is InChI=1S/C17H17N3S/c1-13-12-20(14-8-4-3-5-9-14)17(18-13)19-15-10-6-7-11-16(15)21-2/h3-12H,1-2H3,(H,18,19). The largest absolute Gasteiger partial charge is 0.324 e. The predicted octanol–water partition coefficient (Wildman–Crippen LogP) is 4.65. The minimum absolute atomic E-state index is 0.834. The Balaban J connectivity index is 2.00. The highest BCUT2D eigenvalue weighted by atomic mass is 32.2. The van der Waals surface area contributed by atoms with Crippen molar-refractivity contribution < 1.29 is 0 Å². The number of nitrogens with zero attached hydrogens (tertiary/aromatic N) is 2.